The molecule has 1 saturated heterocycles. The molecule has 2 amide bonds. The molecule has 1 heterocycles. The Kier molecular flexibility index (Phi) is 5.21. The van der Waals surface area contributed by atoms with Crippen LogP contribution in [0.5, 0.6) is 5.75 Å². The highest BCUT2D eigenvalue weighted by atomic mass is 19.1. The van der Waals surface area contributed by atoms with Crippen molar-refractivity contribution in [3.63, 3.8) is 0 Å². The summed E-state index contributed by atoms with van der Waals surface area (Å²) in [7, 11) is 1.55. The highest BCUT2D eigenvalue weighted by Crippen LogP contribution is 2.32. The van der Waals surface area contributed by atoms with Gasteiger partial charge in [-0.05, 0) is 36.2 Å². The van der Waals surface area contributed by atoms with Gasteiger partial charge in [-0.15, -0.1) is 0 Å². The summed E-state index contributed by atoms with van der Waals surface area (Å²) < 4.78 is 18.9. The van der Waals surface area contributed by atoms with Crippen molar-refractivity contribution in [2.75, 3.05) is 18.6 Å². The lowest BCUT2D eigenvalue weighted by Gasteiger charge is -2.19. The Hall–Kier alpha value is -2.89. The van der Waals surface area contributed by atoms with Gasteiger partial charge in [0.1, 0.15) is 11.6 Å². The average molecular weight is 356 g/mol. The van der Waals surface area contributed by atoms with Crippen LogP contribution in [0, 0.1) is 18.7 Å². The number of carbonyl (C=O) groups excluding carboxylic acids is 2. The van der Waals surface area contributed by atoms with Crippen molar-refractivity contribution in [2.24, 2.45) is 5.92 Å². The third-order valence-corrected chi connectivity index (χ3v) is 4.57. The highest BCUT2D eigenvalue weighted by molar-refractivity contribution is 6.01. The molecule has 0 radical (unpaired) electrons. The van der Waals surface area contributed by atoms with E-state index in [-0.39, 0.29) is 30.6 Å². The Labute approximate surface area is 151 Å². The van der Waals surface area contributed by atoms with E-state index >= 15 is 0 Å². The molecule has 5 nitrogen and oxygen atoms in total. The molecule has 0 aromatic heterocycles. The molecule has 1 fully saturated rings. The lowest BCUT2D eigenvalue weighted by atomic mass is 10.1. The fourth-order valence-electron chi connectivity index (χ4n) is 3.05. The van der Waals surface area contributed by atoms with E-state index in [0.29, 0.717) is 29.1 Å². The van der Waals surface area contributed by atoms with Gasteiger partial charge in [-0.25, -0.2) is 4.39 Å². The van der Waals surface area contributed by atoms with E-state index in [2.05, 4.69) is 5.32 Å². The summed E-state index contributed by atoms with van der Waals surface area (Å²) in [5.41, 5.74) is 1.91. The zero-order valence-corrected chi connectivity index (χ0v) is 14.8. The van der Waals surface area contributed by atoms with Gasteiger partial charge in [-0.3, -0.25) is 9.59 Å². The monoisotopic (exact) mass is 356 g/mol. The van der Waals surface area contributed by atoms with Crippen LogP contribution in [0.3, 0.4) is 0 Å². The second-order valence-electron chi connectivity index (χ2n) is 6.38. The number of hydrogen-bond acceptors (Lipinski definition) is 3. The summed E-state index contributed by atoms with van der Waals surface area (Å²) in [5.74, 6) is -0.470. The van der Waals surface area contributed by atoms with Gasteiger partial charge in [0, 0.05) is 19.5 Å². The number of hydrogen-bond donors (Lipinski definition) is 1. The molecule has 0 aliphatic carbocycles. The van der Waals surface area contributed by atoms with Crippen LogP contribution in [-0.2, 0) is 16.1 Å². The van der Waals surface area contributed by atoms with Crippen molar-refractivity contribution in [3.05, 3.63) is 59.4 Å². The molecule has 0 unspecified atom stereocenters. The molecular weight excluding hydrogens is 335 g/mol. The molecule has 26 heavy (non-hydrogen) atoms. The third-order valence-electron chi connectivity index (χ3n) is 4.57. The van der Waals surface area contributed by atoms with Crippen LogP contribution >= 0.6 is 0 Å². The number of halogens is 1. The number of rotatable bonds is 5. The Balaban J connectivity index is 1.64. The predicted molar refractivity (Wildman–Crippen MR) is 96.4 cm³/mol. The number of nitrogens with zero attached hydrogens (tertiary/aromatic N) is 1. The first-order valence-electron chi connectivity index (χ1n) is 8.45. The van der Waals surface area contributed by atoms with Crippen LogP contribution in [0.1, 0.15) is 17.5 Å². The lowest BCUT2D eigenvalue weighted by Crippen LogP contribution is -2.32. The maximum Gasteiger partial charge on any atom is 0.227 e. The van der Waals surface area contributed by atoms with Crippen LogP contribution in [0.25, 0.3) is 0 Å². The fourth-order valence-corrected chi connectivity index (χ4v) is 3.05. The van der Waals surface area contributed by atoms with Gasteiger partial charge in [0.05, 0.1) is 18.7 Å². The molecule has 0 saturated carbocycles. The van der Waals surface area contributed by atoms with Gasteiger partial charge in [0.2, 0.25) is 11.8 Å². The Bertz CT molecular complexity index is 838. The Morgan fingerprint density at radius 1 is 1.31 bits per heavy atom. The van der Waals surface area contributed by atoms with Gasteiger partial charge < -0.3 is 15.0 Å². The molecule has 2 aromatic carbocycles. The number of nitrogens with one attached hydrogen (secondary N) is 1. The van der Waals surface area contributed by atoms with Gasteiger partial charge in [0.25, 0.3) is 0 Å². The van der Waals surface area contributed by atoms with E-state index in [0.717, 1.165) is 0 Å². The smallest absolute Gasteiger partial charge is 0.227 e. The molecule has 1 atom stereocenters. The Morgan fingerprint density at radius 2 is 2.08 bits per heavy atom. The zero-order valence-electron chi connectivity index (χ0n) is 14.8. The predicted octanol–water partition coefficient (Wildman–Crippen LogP) is 2.81. The van der Waals surface area contributed by atoms with E-state index in [1.165, 1.54) is 6.07 Å². The third kappa shape index (κ3) is 3.69. The molecule has 3 rings (SSSR count). The number of carbonyl (C=O) groups is 2. The summed E-state index contributed by atoms with van der Waals surface area (Å²) in [4.78, 5) is 26.4. The fraction of sp³-hybridized carbons (Fsp3) is 0.300. The van der Waals surface area contributed by atoms with E-state index < -0.39 is 5.92 Å². The minimum Gasteiger partial charge on any atom is -0.495 e. The van der Waals surface area contributed by atoms with Gasteiger partial charge in [-0.1, -0.05) is 24.3 Å². The number of aryl methyl sites for hydroxylation is 1. The van der Waals surface area contributed by atoms with Crippen molar-refractivity contribution in [1.29, 1.82) is 0 Å². The molecular formula is C20H21FN2O3. The molecule has 6 heteroatoms. The van der Waals surface area contributed by atoms with E-state index in [4.69, 9.17) is 4.74 Å². The summed E-state index contributed by atoms with van der Waals surface area (Å²) in [6.45, 7) is 2.22. The summed E-state index contributed by atoms with van der Waals surface area (Å²) in [6, 6.07) is 12.1. The summed E-state index contributed by atoms with van der Waals surface area (Å²) in [6.07, 6.45) is 0.145. The number of ether oxygens (including phenoxy) is 1. The number of amides is 2. The van der Waals surface area contributed by atoms with E-state index in [1.807, 2.05) is 12.1 Å². The number of para-hydroxylation sites is 2. The van der Waals surface area contributed by atoms with Crippen molar-refractivity contribution < 1.29 is 18.7 Å². The Morgan fingerprint density at radius 3 is 2.81 bits per heavy atom. The molecule has 1 N–H and O–H groups in total. The van der Waals surface area contributed by atoms with Crippen molar-refractivity contribution >= 4 is 17.5 Å². The molecule has 0 spiro atoms. The van der Waals surface area contributed by atoms with E-state index in [1.54, 1.807) is 43.2 Å². The van der Waals surface area contributed by atoms with Crippen LogP contribution in [0.4, 0.5) is 10.1 Å². The SMILES string of the molecule is COc1ccccc1N1C[C@H](C(=O)NCc2ccc(C)c(F)c2)CC1=O. The quantitative estimate of drug-likeness (QED) is 0.896. The van der Waals surface area contributed by atoms with Crippen LogP contribution < -0.4 is 15.0 Å². The summed E-state index contributed by atoms with van der Waals surface area (Å²) in [5, 5.41) is 2.79. The first kappa shape index (κ1) is 17.9. The minimum atomic E-state index is -0.442. The molecule has 1 aliphatic heterocycles. The van der Waals surface area contributed by atoms with Gasteiger partial charge in [-0.2, -0.15) is 0 Å². The second kappa shape index (κ2) is 7.56. The number of methoxy groups -OCH3 is 1. The normalized spacial score (nSPS) is 16.7. The maximum absolute atomic E-state index is 13.6. The standard InChI is InChI=1S/C20H21FN2O3/c1-13-7-8-14(9-16(13)21)11-22-20(25)15-10-19(24)23(12-15)17-5-3-4-6-18(17)26-2/h3-9,15H,10-12H2,1-2H3,(H,22,25)/t15-/m1/s1. The second-order valence-corrected chi connectivity index (χ2v) is 6.38. The molecule has 0 bridgehead atoms. The van der Waals surface area contributed by atoms with Crippen molar-refractivity contribution in [1.82, 2.24) is 5.32 Å². The maximum atomic E-state index is 13.6. The number of anilines is 1. The van der Waals surface area contributed by atoms with E-state index in [9.17, 15) is 14.0 Å². The van der Waals surface area contributed by atoms with Gasteiger partial charge >= 0.3 is 0 Å². The molecule has 1 aliphatic rings. The average Bonchev–Trinajstić information content (AvgIpc) is 3.04. The lowest BCUT2D eigenvalue weighted by molar-refractivity contribution is -0.126. The number of benzene rings is 2. The molecule has 136 valence electrons. The topological polar surface area (TPSA) is 58.6 Å². The summed E-state index contributed by atoms with van der Waals surface area (Å²) >= 11 is 0. The van der Waals surface area contributed by atoms with Crippen molar-refractivity contribution in [3.8, 4) is 5.75 Å². The zero-order chi connectivity index (χ0) is 18.7. The first-order valence-corrected chi connectivity index (χ1v) is 8.45. The molecule has 2 aromatic rings. The largest absolute Gasteiger partial charge is 0.495 e. The van der Waals surface area contributed by atoms with Crippen LogP contribution in [0.2, 0.25) is 0 Å². The van der Waals surface area contributed by atoms with Crippen molar-refractivity contribution in [2.45, 2.75) is 19.9 Å². The van der Waals surface area contributed by atoms with Gasteiger partial charge in [0.15, 0.2) is 0 Å². The first-order chi connectivity index (χ1) is 12.5. The van der Waals surface area contributed by atoms with Crippen LogP contribution in [0.15, 0.2) is 42.5 Å². The van der Waals surface area contributed by atoms with Crippen LogP contribution in [-0.4, -0.2) is 25.5 Å². The highest BCUT2D eigenvalue weighted by Gasteiger charge is 2.36. The minimum absolute atomic E-state index is 0.115.